The Kier molecular flexibility index (Phi) is 3.34. The molecular weight excluding hydrogens is 180 g/mol. The van der Waals surface area contributed by atoms with Crippen molar-refractivity contribution in [1.82, 2.24) is 0 Å². The molecule has 0 heterocycles. The molecule has 1 aromatic rings. The number of nitrogens with one attached hydrogen (secondary N) is 1. The molecule has 4 heteroatoms. The molecule has 0 aliphatic carbocycles. The highest BCUT2D eigenvalue weighted by atomic mass is 16.5. The smallest absolute Gasteiger partial charge is 0.213 e. The van der Waals surface area contributed by atoms with Gasteiger partial charge in [-0.3, -0.25) is 5.41 Å². The van der Waals surface area contributed by atoms with Gasteiger partial charge in [0.25, 0.3) is 0 Å². The monoisotopic (exact) mass is 194 g/mol. The van der Waals surface area contributed by atoms with Crippen molar-refractivity contribution in [1.29, 1.82) is 5.41 Å². The molecule has 0 aromatic heterocycles. The van der Waals surface area contributed by atoms with Gasteiger partial charge in [0.15, 0.2) is 0 Å². The largest absolute Gasteiger partial charge is 0.495 e. The third-order valence-corrected chi connectivity index (χ3v) is 1.78. The molecular formula is C10H14N2O2. The second-order valence-corrected chi connectivity index (χ2v) is 2.72. The maximum Gasteiger partial charge on any atom is 0.213 e. The number of hydrogen-bond acceptors (Lipinski definition) is 4. The Hall–Kier alpha value is -1.71. The molecule has 0 spiro atoms. The molecule has 0 fully saturated rings. The summed E-state index contributed by atoms with van der Waals surface area (Å²) in [5.41, 5.74) is 6.85. The van der Waals surface area contributed by atoms with Crippen LogP contribution in [0.2, 0.25) is 0 Å². The van der Waals surface area contributed by atoms with Gasteiger partial charge in [-0.1, -0.05) is 0 Å². The molecule has 1 rings (SSSR count). The van der Waals surface area contributed by atoms with E-state index in [4.69, 9.17) is 20.6 Å². The topological polar surface area (TPSA) is 68.3 Å². The van der Waals surface area contributed by atoms with Crippen LogP contribution in [-0.4, -0.2) is 19.6 Å². The zero-order chi connectivity index (χ0) is 10.6. The number of nitrogens with two attached hydrogens (primary N) is 1. The Bertz CT molecular complexity index is 337. The van der Waals surface area contributed by atoms with Crippen molar-refractivity contribution in [2.45, 2.75) is 6.92 Å². The standard InChI is InChI=1S/C10H14N2O2/c1-3-14-10(12)7-4-5-9(13-2)8(11)6-7/h4-6,12H,3,11H2,1-2H3. The number of benzene rings is 1. The fourth-order valence-corrected chi connectivity index (χ4v) is 1.10. The zero-order valence-corrected chi connectivity index (χ0v) is 8.33. The van der Waals surface area contributed by atoms with Gasteiger partial charge in [-0.05, 0) is 25.1 Å². The minimum absolute atomic E-state index is 0.127. The highest BCUT2D eigenvalue weighted by Gasteiger charge is 2.05. The van der Waals surface area contributed by atoms with E-state index in [-0.39, 0.29) is 5.90 Å². The molecule has 0 unspecified atom stereocenters. The van der Waals surface area contributed by atoms with Gasteiger partial charge in [-0.2, -0.15) is 0 Å². The fraction of sp³-hybridized carbons (Fsp3) is 0.300. The molecule has 0 radical (unpaired) electrons. The normalized spacial score (nSPS) is 9.57. The van der Waals surface area contributed by atoms with Crippen LogP contribution in [0.5, 0.6) is 5.75 Å². The molecule has 1 aromatic carbocycles. The van der Waals surface area contributed by atoms with Gasteiger partial charge in [0, 0.05) is 5.56 Å². The summed E-state index contributed by atoms with van der Waals surface area (Å²) in [5, 5.41) is 7.54. The summed E-state index contributed by atoms with van der Waals surface area (Å²) in [7, 11) is 1.55. The number of nitrogen functional groups attached to an aromatic ring is 1. The first kappa shape index (κ1) is 10.4. The van der Waals surface area contributed by atoms with Crippen LogP contribution in [0.1, 0.15) is 12.5 Å². The maximum absolute atomic E-state index is 7.54. The highest BCUT2D eigenvalue weighted by molar-refractivity contribution is 5.93. The lowest BCUT2D eigenvalue weighted by Gasteiger charge is -2.08. The van der Waals surface area contributed by atoms with Crippen LogP contribution in [0.4, 0.5) is 5.69 Å². The van der Waals surface area contributed by atoms with Crippen molar-refractivity contribution in [3.05, 3.63) is 23.8 Å². The quantitative estimate of drug-likeness (QED) is 0.436. The molecule has 76 valence electrons. The molecule has 0 atom stereocenters. The molecule has 0 aliphatic rings. The van der Waals surface area contributed by atoms with Crippen LogP contribution in [0.15, 0.2) is 18.2 Å². The summed E-state index contributed by atoms with van der Waals surface area (Å²) in [5.74, 6) is 0.736. The Morgan fingerprint density at radius 2 is 2.21 bits per heavy atom. The number of hydrogen-bond donors (Lipinski definition) is 2. The molecule has 0 saturated heterocycles. The van der Waals surface area contributed by atoms with Crippen molar-refractivity contribution in [2.75, 3.05) is 19.5 Å². The number of anilines is 1. The van der Waals surface area contributed by atoms with E-state index >= 15 is 0 Å². The Balaban J connectivity index is 2.91. The third kappa shape index (κ3) is 2.16. The minimum atomic E-state index is 0.127. The average molecular weight is 194 g/mol. The predicted molar refractivity (Wildman–Crippen MR) is 55.9 cm³/mol. The molecule has 0 amide bonds. The van der Waals surface area contributed by atoms with Gasteiger partial charge < -0.3 is 15.2 Å². The summed E-state index contributed by atoms with van der Waals surface area (Å²) < 4.78 is 10.0. The van der Waals surface area contributed by atoms with Gasteiger partial charge in [0.05, 0.1) is 19.4 Å². The van der Waals surface area contributed by atoms with E-state index in [1.54, 1.807) is 25.3 Å². The van der Waals surface area contributed by atoms with E-state index in [0.29, 0.717) is 23.6 Å². The SMILES string of the molecule is CCOC(=N)c1ccc(OC)c(N)c1. The van der Waals surface area contributed by atoms with Crippen LogP contribution in [0, 0.1) is 5.41 Å². The van der Waals surface area contributed by atoms with Crippen LogP contribution < -0.4 is 10.5 Å². The van der Waals surface area contributed by atoms with Crippen molar-refractivity contribution < 1.29 is 9.47 Å². The van der Waals surface area contributed by atoms with Crippen LogP contribution in [0.3, 0.4) is 0 Å². The van der Waals surface area contributed by atoms with Crippen LogP contribution >= 0.6 is 0 Å². The predicted octanol–water partition coefficient (Wildman–Crippen LogP) is 1.64. The molecule has 3 N–H and O–H groups in total. The second-order valence-electron chi connectivity index (χ2n) is 2.72. The molecule has 14 heavy (non-hydrogen) atoms. The van der Waals surface area contributed by atoms with E-state index in [1.165, 1.54) is 0 Å². The van der Waals surface area contributed by atoms with Crippen molar-refractivity contribution in [2.24, 2.45) is 0 Å². The molecule has 4 nitrogen and oxygen atoms in total. The number of ether oxygens (including phenoxy) is 2. The Labute approximate surface area is 83.1 Å². The van der Waals surface area contributed by atoms with Gasteiger partial charge in [-0.15, -0.1) is 0 Å². The molecule has 0 saturated carbocycles. The van der Waals surface area contributed by atoms with E-state index in [9.17, 15) is 0 Å². The van der Waals surface area contributed by atoms with Gasteiger partial charge in [0.2, 0.25) is 5.90 Å². The lowest BCUT2D eigenvalue weighted by Crippen LogP contribution is -2.05. The summed E-state index contributed by atoms with van der Waals surface area (Å²) in [6.45, 7) is 2.31. The van der Waals surface area contributed by atoms with E-state index in [1.807, 2.05) is 6.92 Å². The van der Waals surface area contributed by atoms with Gasteiger partial charge >= 0.3 is 0 Å². The lowest BCUT2D eigenvalue weighted by molar-refractivity contribution is 0.325. The summed E-state index contributed by atoms with van der Waals surface area (Å²) in [6, 6.07) is 5.13. The first-order valence-electron chi connectivity index (χ1n) is 4.34. The Morgan fingerprint density at radius 3 is 2.71 bits per heavy atom. The van der Waals surface area contributed by atoms with Crippen LogP contribution in [-0.2, 0) is 4.74 Å². The number of methoxy groups -OCH3 is 1. The Morgan fingerprint density at radius 1 is 1.50 bits per heavy atom. The second kappa shape index (κ2) is 4.50. The van der Waals surface area contributed by atoms with E-state index in [0.717, 1.165) is 0 Å². The van der Waals surface area contributed by atoms with E-state index in [2.05, 4.69) is 0 Å². The lowest BCUT2D eigenvalue weighted by atomic mass is 10.2. The minimum Gasteiger partial charge on any atom is -0.495 e. The zero-order valence-electron chi connectivity index (χ0n) is 8.33. The van der Waals surface area contributed by atoms with E-state index < -0.39 is 0 Å². The van der Waals surface area contributed by atoms with Gasteiger partial charge in [0.1, 0.15) is 5.75 Å². The van der Waals surface area contributed by atoms with Gasteiger partial charge in [-0.25, -0.2) is 0 Å². The molecule has 0 bridgehead atoms. The summed E-state index contributed by atoms with van der Waals surface area (Å²) >= 11 is 0. The van der Waals surface area contributed by atoms with Crippen LogP contribution in [0.25, 0.3) is 0 Å². The summed E-state index contributed by atoms with van der Waals surface area (Å²) in [6.07, 6.45) is 0. The van der Waals surface area contributed by atoms with Crippen molar-refractivity contribution >= 4 is 11.6 Å². The van der Waals surface area contributed by atoms with Crippen molar-refractivity contribution in [3.63, 3.8) is 0 Å². The molecule has 0 aliphatic heterocycles. The average Bonchev–Trinajstić information content (AvgIpc) is 2.18. The first-order chi connectivity index (χ1) is 6.69. The fourth-order valence-electron chi connectivity index (χ4n) is 1.10. The first-order valence-corrected chi connectivity index (χ1v) is 4.34. The maximum atomic E-state index is 7.54. The van der Waals surface area contributed by atoms with Crippen molar-refractivity contribution in [3.8, 4) is 5.75 Å². The highest BCUT2D eigenvalue weighted by Crippen LogP contribution is 2.22. The summed E-state index contributed by atoms with van der Waals surface area (Å²) in [4.78, 5) is 0. The number of rotatable bonds is 3. The third-order valence-electron chi connectivity index (χ3n) is 1.78.